The largest absolute Gasteiger partial charge is 0.387 e. The summed E-state index contributed by atoms with van der Waals surface area (Å²) < 4.78 is 1.76. The van der Waals surface area contributed by atoms with Crippen molar-refractivity contribution in [3.63, 3.8) is 0 Å². The van der Waals surface area contributed by atoms with Gasteiger partial charge < -0.3 is 10.4 Å². The molecule has 6 nitrogen and oxygen atoms in total. The number of nitrogens with one attached hydrogen (secondary N) is 1. The average Bonchev–Trinajstić information content (AvgIpc) is 2.53. The third-order valence-electron chi connectivity index (χ3n) is 4.21. The minimum Gasteiger partial charge on any atom is -0.387 e. The molecule has 0 spiro atoms. The van der Waals surface area contributed by atoms with Crippen molar-refractivity contribution in [3.8, 4) is 0 Å². The highest BCUT2D eigenvalue weighted by atomic mass is 16.3. The molecule has 2 N–H and O–H groups in total. The molecule has 1 saturated heterocycles. The molecular formula is C14H24N4O2. The van der Waals surface area contributed by atoms with Crippen molar-refractivity contribution in [1.82, 2.24) is 14.7 Å². The van der Waals surface area contributed by atoms with Crippen LogP contribution in [0.4, 0.5) is 5.69 Å². The number of aliphatic hydroxyl groups is 1. The molecular weight excluding hydrogens is 256 g/mol. The SMILES string of the molecule is Cc1nn(C)c(C)c1NC(=O)CN1CC(O)(C(C)C)C1. The molecule has 1 aliphatic rings. The lowest BCUT2D eigenvalue weighted by Crippen LogP contribution is -2.65. The third-order valence-corrected chi connectivity index (χ3v) is 4.21. The van der Waals surface area contributed by atoms with Crippen molar-refractivity contribution >= 4 is 11.6 Å². The van der Waals surface area contributed by atoms with Gasteiger partial charge in [0.1, 0.15) is 0 Å². The van der Waals surface area contributed by atoms with Gasteiger partial charge >= 0.3 is 0 Å². The van der Waals surface area contributed by atoms with E-state index in [4.69, 9.17) is 0 Å². The number of anilines is 1. The van der Waals surface area contributed by atoms with E-state index in [-0.39, 0.29) is 11.8 Å². The molecule has 0 aliphatic carbocycles. The van der Waals surface area contributed by atoms with Crippen molar-refractivity contribution in [1.29, 1.82) is 0 Å². The molecule has 2 rings (SSSR count). The van der Waals surface area contributed by atoms with E-state index in [1.165, 1.54) is 0 Å². The number of nitrogens with zero attached hydrogens (tertiary/aromatic N) is 3. The first-order chi connectivity index (χ1) is 9.23. The summed E-state index contributed by atoms with van der Waals surface area (Å²) in [5, 5.41) is 17.3. The molecule has 0 aromatic carbocycles. The van der Waals surface area contributed by atoms with Gasteiger partial charge in [0.05, 0.1) is 29.2 Å². The van der Waals surface area contributed by atoms with Gasteiger partial charge in [0, 0.05) is 20.1 Å². The Balaban J connectivity index is 1.89. The van der Waals surface area contributed by atoms with Crippen LogP contribution < -0.4 is 5.32 Å². The fraction of sp³-hybridized carbons (Fsp3) is 0.714. The number of hydrogen-bond donors (Lipinski definition) is 2. The van der Waals surface area contributed by atoms with E-state index in [9.17, 15) is 9.90 Å². The standard InChI is InChI=1S/C14H24N4O2/c1-9(2)14(20)7-18(8-14)6-12(19)15-13-10(3)16-17(5)11(13)4/h9,20H,6-8H2,1-5H3,(H,15,19). The highest BCUT2D eigenvalue weighted by Crippen LogP contribution is 2.28. The van der Waals surface area contributed by atoms with Crippen LogP contribution in [0.25, 0.3) is 0 Å². The van der Waals surface area contributed by atoms with Gasteiger partial charge in [0.2, 0.25) is 5.91 Å². The molecule has 2 heterocycles. The second-order valence-corrected chi connectivity index (χ2v) is 6.12. The van der Waals surface area contributed by atoms with Crippen LogP contribution in [0.3, 0.4) is 0 Å². The number of aromatic nitrogens is 2. The quantitative estimate of drug-likeness (QED) is 0.851. The molecule has 6 heteroatoms. The zero-order valence-electron chi connectivity index (χ0n) is 12.9. The number of rotatable bonds is 4. The van der Waals surface area contributed by atoms with Gasteiger partial charge in [-0.25, -0.2) is 0 Å². The Morgan fingerprint density at radius 1 is 1.45 bits per heavy atom. The number of amides is 1. The number of hydrogen-bond acceptors (Lipinski definition) is 4. The minimum absolute atomic E-state index is 0.0602. The van der Waals surface area contributed by atoms with Gasteiger partial charge in [-0.3, -0.25) is 14.4 Å². The molecule has 1 aliphatic heterocycles. The summed E-state index contributed by atoms with van der Waals surface area (Å²) >= 11 is 0. The van der Waals surface area contributed by atoms with Crippen molar-refractivity contribution in [3.05, 3.63) is 11.4 Å². The van der Waals surface area contributed by atoms with Crippen LogP contribution in [0.5, 0.6) is 0 Å². The van der Waals surface area contributed by atoms with E-state index < -0.39 is 5.60 Å². The number of carbonyl (C=O) groups excluding carboxylic acids is 1. The van der Waals surface area contributed by atoms with Crippen molar-refractivity contribution < 1.29 is 9.90 Å². The fourth-order valence-corrected chi connectivity index (χ4v) is 2.54. The number of likely N-dealkylation sites (tertiary alicyclic amines) is 1. The zero-order valence-corrected chi connectivity index (χ0v) is 12.9. The summed E-state index contributed by atoms with van der Waals surface area (Å²) in [4.78, 5) is 14.0. The second-order valence-electron chi connectivity index (χ2n) is 6.12. The van der Waals surface area contributed by atoms with Crippen LogP contribution in [0, 0.1) is 19.8 Å². The Morgan fingerprint density at radius 3 is 2.50 bits per heavy atom. The fourth-order valence-electron chi connectivity index (χ4n) is 2.54. The third kappa shape index (κ3) is 2.71. The number of carbonyl (C=O) groups is 1. The summed E-state index contributed by atoms with van der Waals surface area (Å²) in [7, 11) is 1.86. The van der Waals surface area contributed by atoms with Gasteiger partial charge in [0.25, 0.3) is 0 Å². The molecule has 1 aromatic heterocycles. The lowest BCUT2D eigenvalue weighted by atomic mass is 9.83. The van der Waals surface area contributed by atoms with E-state index in [1.54, 1.807) is 4.68 Å². The van der Waals surface area contributed by atoms with Crippen molar-refractivity contribution in [2.75, 3.05) is 25.0 Å². The molecule has 1 fully saturated rings. The van der Waals surface area contributed by atoms with Gasteiger partial charge in [-0.1, -0.05) is 13.8 Å². The topological polar surface area (TPSA) is 70.4 Å². The molecule has 1 amide bonds. The summed E-state index contributed by atoms with van der Waals surface area (Å²) in [5.74, 6) is 0.152. The highest BCUT2D eigenvalue weighted by Gasteiger charge is 2.43. The Bertz CT molecular complexity index is 515. The first-order valence-corrected chi connectivity index (χ1v) is 6.97. The molecule has 0 bridgehead atoms. The molecule has 1 aromatic rings. The van der Waals surface area contributed by atoms with Crippen molar-refractivity contribution in [2.24, 2.45) is 13.0 Å². The molecule has 0 atom stereocenters. The molecule has 20 heavy (non-hydrogen) atoms. The van der Waals surface area contributed by atoms with Crippen LogP contribution in [-0.4, -0.2) is 50.9 Å². The maximum absolute atomic E-state index is 12.0. The van der Waals surface area contributed by atoms with Gasteiger partial charge in [-0.05, 0) is 19.8 Å². The van der Waals surface area contributed by atoms with Crippen LogP contribution in [0.1, 0.15) is 25.2 Å². The van der Waals surface area contributed by atoms with E-state index in [2.05, 4.69) is 10.4 Å². The summed E-state index contributed by atoms with van der Waals surface area (Å²) in [6, 6.07) is 0. The number of β-amino-alcohol motifs (C(OH)–C–C–N with tert-alkyl or cyclic N) is 1. The first-order valence-electron chi connectivity index (χ1n) is 6.97. The Morgan fingerprint density at radius 2 is 2.05 bits per heavy atom. The second kappa shape index (κ2) is 5.18. The average molecular weight is 280 g/mol. The normalized spacial score (nSPS) is 18.1. The van der Waals surface area contributed by atoms with Crippen LogP contribution in [0.2, 0.25) is 0 Å². The smallest absolute Gasteiger partial charge is 0.238 e. The minimum atomic E-state index is -0.638. The lowest BCUT2D eigenvalue weighted by molar-refractivity contribution is -0.139. The number of aryl methyl sites for hydroxylation is 2. The summed E-state index contributed by atoms with van der Waals surface area (Å²) in [5.41, 5.74) is 1.91. The maximum atomic E-state index is 12.0. The molecule has 0 saturated carbocycles. The highest BCUT2D eigenvalue weighted by molar-refractivity contribution is 5.93. The summed E-state index contributed by atoms with van der Waals surface area (Å²) in [6.45, 7) is 9.23. The van der Waals surface area contributed by atoms with Gasteiger partial charge in [-0.2, -0.15) is 5.10 Å². The maximum Gasteiger partial charge on any atom is 0.238 e. The van der Waals surface area contributed by atoms with Crippen LogP contribution >= 0.6 is 0 Å². The monoisotopic (exact) mass is 280 g/mol. The molecule has 0 radical (unpaired) electrons. The van der Waals surface area contributed by atoms with E-state index in [1.807, 2.05) is 39.6 Å². The lowest BCUT2D eigenvalue weighted by Gasteiger charge is -2.48. The molecule has 112 valence electrons. The van der Waals surface area contributed by atoms with Crippen molar-refractivity contribution in [2.45, 2.75) is 33.3 Å². The predicted octanol–water partition coefficient (Wildman–Crippen LogP) is 0.678. The predicted molar refractivity (Wildman–Crippen MR) is 77.5 cm³/mol. The van der Waals surface area contributed by atoms with Gasteiger partial charge in [0.15, 0.2) is 0 Å². The first kappa shape index (κ1) is 15.0. The van der Waals surface area contributed by atoms with Gasteiger partial charge in [-0.15, -0.1) is 0 Å². The van der Waals surface area contributed by atoms with Crippen LogP contribution in [-0.2, 0) is 11.8 Å². The molecule has 0 unspecified atom stereocenters. The Hall–Kier alpha value is -1.40. The van der Waals surface area contributed by atoms with Crippen LogP contribution in [0.15, 0.2) is 0 Å². The van der Waals surface area contributed by atoms with E-state index >= 15 is 0 Å². The Labute approximate surface area is 119 Å². The Kier molecular flexibility index (Phi) is 3.88. The zero-order chi connectivity index (χ0) is 15.1. The van der Waals surface area contributed by atoms with E-state index in [0.717, 1.165) is 17.1 Å². The van der Waals surface area contributed by atoms with E-state index in [0.29, 0.717) is 19.6 Å². The summed E-state index contributed by atoms with van der Waals surface area (Å²) in [6.07, 6.45) is 0.